The van der Waals surface area contributed by atoms with Gasteiger partial charge in [0.2, 0.25) is 0 Å². The van der Waals surface area contributed by atoms with Crippen LogP contribution in [0, 0.1) is 11.3 Å². The molecule has 0 aliphatic carbocycles. The molecule has 0 atom stereocenters. The highest BCUT2D eigenvalue weighted by Crippen LogP contribution is 2.40. The molecule has 2 aromatic rings. The van der Waals surface area contributed by atoms with Crippen molar-refractivity contribution in [3.05, 3.63) is 59.2 Å². The number of nitrogens with zero attached hydrogens (tertiary/aromatic N) is 1. The van der Waals surface area contributed by atoms with Gasteiger partial charge < -0.3 is 0 Å². The van der Waals surface area contributed by atoms with Crippen molar-refractivity contribution in [1.29, 1.82) is 5.26 Å². The normalized spacial score (nSPS) is 12.0. The second-order valence-corrected chi connectivity index (χ2v) is 4.45. The Labute approximate surface area is 121 Å². The molecular weight excluding hydrogens is 308 g/mol. The van der Waals surface area contributed by atoms with Crippen LogP contribution >= 0.6 is 0 Å². The molecule has 0 saturated carbocycles. The van der Waals surface area contributed by atoms with Gasteiger partial charge in [0.25, 0.3) is 0 Å². The number of benzene rings is 2. The highest BCUT2D eigenvalue weighted by molar-refractivity contribution is 5.69. The summed E-state index contributed by atoms with van der Waals surface area (Å²) in [7, 11) is 0. The molecule has 0 aliphatic rings. The average molecular weight is 315 g/mol. The van der Waals surface area contributed by atoms with Gasteiger partial charge in [-0.05, 0) is 35.4 Å². The van der Waals surface area contributed by atoms with Crippen LogP contribution in [0.25, 0.3) is 11.1 Å². The van der Waals surface area contributed by atoms with Gasteiger partial charge in [0.05, 0.1) is 22.8 Å². The summed E-state index contributed by atoms with van der Waals surface area (Å²) >= 11 is 0. The highest BCUT2D eigenvalue weighted by Gasteiger charge is 2.38. The molecule has 0 aliphatic heterocycles. The lowest BCUT2D eigenvalue weighted by Gasteiger charge is -2.16. The van der Waals surface area contributed by atoms with E-state index in [9.17, 15) is 26.3 Å². The predicted molar refractivity (Wildman–Crippen MR) is 66.6 cm³/mol. The molecule has 0 aromatic heterocycles. The molecule has 0 fully saturated rings. The van der Waals surface area contributed by atoms with Crippen LogP contribution in [0.2, 0.25) is 0 Å². The lowest BCUT2D eigenvalue weighted by Crippen LogP contribution is -2.12. The van der Waals surface area contributed by atoms with E-state index in [-0.39, 0.29) is 22.8 Å². The fourth-order valence-electron chi connectivity index (χ4n) is 1.93. The third kappa shape index (κ3) is 3.22. The van der Waals surface area contributed by atoms with Crippen LogP contribution in [-0.4, -0.2) is 0 Å². The Morgan fingerprint density at radius 2 is 1.36 bits per heavy atom. The van der Waals surface area contributed by atoms with Crippen molar-refractivity contribution in [2.24, 2.45) is 0 Å². The molecule has 0 radical (unpaired) electrons. The zero-order chi connectivity index (χ0) is 16.5. The molecular formula is C15H7F6N. The maximum absolute atomic E-state index is 13.0. The van der Waals surface area contributed by atoms with Crippen LogP contribution in [0.1, 0.15) is 16.7 Å². The van der Waals surface area contributed by atoms with Crippen LogP contribution in [0.5, 0.6) is 0 Å². The van der Waals surface area contributed by atoms with Crippen molar-refractivity contribution in [3.8, 4) is 17.2 Å². The first-order valence-electron chi connectivity index (χ1n) is 5.92. The summed E-state index contributed by atoms with van der Waals surface area (Å²) in [5.74, 6) is 0. The molecule has 0 saturated heterocycles. The summed E-state index contributed by atoms with van der Waals surface area (Å²) in [5, 5.41) is 8.65. The van der Waals surface area contributed by atoms with Gasteiger partial charge in [0, 0.05) is 0 Å². The van der Waals surface area contributed by atoms with Crippen LogP contribution in [-0.2, 0) is 12.4 Å². The fourth-order valence-corrected chi connectivity index (χ4v) is 1.93. The summed E-state index contributed by atoms with van der Waals surface area (Å²) in [6, 6.07) is 8.40. The third-order valence-corrected chi connectivity index (χ3v) is 2.98. The molecule has 0 spiro atoms. The molecule has 0 amide bonds. The molecule has 1 nitrogen and oxygen atoms in total. The van der Waals surface area contributed by atoms with Crippen molar-refractivity contribution in [2.75, 3.05) is 0 Å². The number of hydrogen-bond donors (Lipinski definition) is 0. The minimum absolute atomic E-state index is 0.0834. The summed E-state index contributed by atoms with van der Waals surface area (Å²) in [4.78, 5) is 0. The summed E-state index contributed by atoms with van der Waals surface area (Å²) in [5.41, 5.74) is -2.78. The van der Waals surface area contributed by atoms with Crippen molar-refractivity contribution in [3.63, 3.8) is 0 Å². The van der Waals surface area contributed by atoms with Crippen molar-refractivity contribution in [1.82, 2.24) is 0 Å². The minimum Gasteiger partial charge on any atom is -0.192 e. The van der Waals surface area contributed by atoms with E-state index in [0.29, 0.717) is 6.07 Å². The maximum Gasteiger partial charge on any atom is 0.417 e. The van der Waals surface area contributed by atoms with E-state index < -0.39 is 23.5 Å². The number of halogens is 6. The first-order valence-corrected chi connectivity index (χ1v) is 5.92. The van der Waals surface area contributed by atoms with E-state index in [1.54, 1.807) is 0 Å². The lowest BCUT2D eigenvalue weighted by molar-refractivity contribution is -0.142. The van der Waals surface area contributed by atoms with Gasteiger partial charge in [0.15, 0.2) is 0 Å². The van der Waals surface area contributed by atoms with E-state index in [1.807, 2.05) is 6.07 Å². The molecule has 7 heteroatoms. The molecule has 22 heavy (non-hydrogen) atoms. The summed E-state index contributed by atoms with van der Waals surface area (Å²) in [6.07, 6.45) is -9.78. The average Bonchev–Trinajstić information content (AvgIpc) is 2.45. The number of hydrogen-bond acceptors (Lipinski definition) is 1. The standard InChI is InChI=1S/C15H7F6N/c16-14(17,18)11-5-6-12(13(7-11)15(19,20)21)10-3-1-9(8-22)2-4-10/h1-7H. The Balaban J connectivity index is 2.62. The van der Waals surface area contributed by atoms with E-state index in [4.69, 9.17) is 5.26 Å². The van der Waals surface area contributed by atoms with Gasteiger partial charge in [-0.2, -0.15) is 31.6 Å². The summed E-state index contributed by atoms with van der Waals surface area (Å²) in [6.45, 7) is 0. The van der Waals surface area contributed by atoms with E-state index in [1.165, 1.54) is 24.3 Å². The maximum atomic E-state index is 13.0. The van der Waals surface area contributed by atoms with Crippen LogP contribution < -0.4 is 0 Å². The van der Waals surface area contributed by atoms with Gasteiger partial charge in [-0.1, -0.05) is 18.2 Å². The molecule has 0 bridgehead atoms. The monoisotopic (exact) mass is 315 g/mol. The Kier molecular flexibility index (Phi) is 3.88. The quantitative estimate of drug-likeness (QED) is 0.658. The number of rotatable bonds is 1. The largest absolute Gasteiger partial charge is 0.417 e. The van der Waals surface area contributed by atoms with Gasteiger partial charge in [-0.3, -0.25) is 0 Å². The second kappa shape index (κ2) is 5.37. The number of nitriles is 1. The Hall–Kier alpha value is -2.49. The molecule has 0 heterocycles. The SMILES string of the molecule is N#Cc1ccc(-c2ccc(C(F)(F)F)cc2C(F)(F)F)cc1. The van der Waals surface area contributed by atoms with E-state index in [2.05, 4.69) is 0 Å². The predicted octanol–water partition coefficient (Wildman–Crippen LogP) is 5.26. The van der Waals surface area contributed by atoms with Crippen molar-refractivity contribution >= 4 is 0 Å². The van der Waals surface area contributed by atoms with Crippen molar-refractivity contribution < 1.29 is 26.3 Å². The molecule has 2 aromatic carbocycles. The molecule has 0 N–H and O–H groups in total. The number of alkyl halides is 6. The van der Waals surface area contributed by atoms with Gasteiger partial charge in [0.1, 0.15) is 0 Å². The third-order valence-electron chi connectivity index (χ3n) is 2.98. The van der Waals surface area contributed by atoms with E-state index >= 15 is 0 Å². The molecule has 114 valence electrons. The van der Waals surface area contributed by atoms with Crippen LogP contribution in [0.3, 0.4) is 0 Å². The molecule has 0 unspecified atom stereocenters. The zero-order valence-electron chi connectivity index (χ0n) is 10.8. The second-order valence-electron chi connectivity index (χ2n) is 4.45. The van der Waals surface area contributed by atoms with Crippen LogP contribution in [0.4, 0.5) is 26.3 Å². The fraction of sp³-hybridized carbons (Fsp3) is 0.133. The Morgan fingerprint density at radius 1 is 0.773 bits per heavy atom. The minimum atomic E-state index is -4.93. The topological polar surface area (TPSA) is 23.8 Å². The first-order chi connectivity index (χ1) is 10.1. The van der Waals surface area contributed by atoms with Gasteiger partial charge in [-0.15, -0.1) is 0 Å². The van der Waals surface area contributed by atoms with Crippen LogP contribution in [0.15, 0.2) is 42.5 Å². The Bertz CT molecular complexity index is 720. The lowest BCUT2D eigenvalue weighted by atomic mass is 9.96. The molecule has 2 rings (SSSR count). The highest BCUT2D eigenvalue weighted by atomic mass is 19.4. The van der Waals surface area contributed by atoms with Gasteiger partial charge >= 0.3 is 12.4 Å². The Morgan fingerprint density at radius 3 is 1.82 bits per heavy atom. The first kappa shape index (κ1) is 15.9. The van der Waals surface area contributed by atoms with E-state index in [0.717, 1.165) is 6.07 Å². The summed E-state index contributed by atoms with van der Waals surface area (Å²) < 4.78 is 76.8. The van der Waals surface area contributed by atoms with Gasteiger partial charge in [-0.25, -0.2) is 0 Å². The zero-order valence-corrected chi connectivity index (χ0v) is 10.8. The van der Waals surface area contributed by atoms with Crippen molar-refractivity contribution in [2.45, 2.75) is 12.4 Å². The smallest absolute Gasteiger partial charge is 0.192 e.